The lowest BCUT2D eigenvalue weighted by Crippen LogP contribution is -2.35. The minimum Gasteiger partial charge on any atom is -0.336 e. The summed E-state index contributed by atoms with van der Waals surface area (Å²) in [6, 6.07) is 12.7. The Morgan fingerprint density at radius 1 is 1.17 bits per heavy atom. The van der Waals surface area contributed by atoms with Gasteiger partial charge in [0.15, 0.2) is 0 Å². The molecule has 0 aliphatic heterocycles. The molecule has 0 atom stereocenters. The van der Waals surface area contributed by atoms with Crippen LogP contribution in [0.15, 0.2) is 53.4 Å². The van der Waals surface area contributed by atoms with Crippen molar-refractivity contribution in [1.29, 1.82) is 0 Å². The van der Waals surface area contributed by atoms with Crippen LogP contribution in [0, 0.1) is 5.82 Å². The number of hydrogen-bond acceptors (Lipinski definition) is 3. The van der Waals surface area contributed by atoms with E-state index in [2.05, 4.69) is 5.32 Å². The van der Waals surface area contributed by atoms with Gasteiger partial charge >= 0.3 is 0 Å². The summed E-state index contributed by atoms with van der Waals surface area (Å²) in [6.45, 7) is -0.0840. The lowest BCUT2D eigenvalue weighted by molar-refractivity contribution is -0.131. The van der Waals surface area contributed by atoms with E-state index in [9.17, 15) is 14.0 Å². The van der Waals surface area contributed by atoms with Crippen molar-refractivity contribution in [3.05, 3.63) is 59.4 Å². The smallest absolute Gasteiger partial charge is 0.243 e. The van der Waals surface area contributed by atoms with Gasteiger partial charge in [-0.05, 0) is 36.4 Å². The van der Waals surface area contributed by atoms with E-state index in [1.54, 1.807) is 13.1 Å². The molecular weight excluding hydrogens is 351 g/mol. The average Bonchev–Trinajstić information content (AvgIpc) is 2.56. The molecule has 0 aromatic heterocycles. The molecule has 2 aromatic carbocycles. The summed E-state index contributed by atoms with van der Waals surface area (Å²) in [5.41, 5.74) is 0.479. The summed E-state index contributed by atoms with van der Waals surface area (Å²) in [7, 11) is 1.56. The predicted molar refractivity (Wildman–Crippen MR) is 94.8 cm³/mol. The number of nitrogens with one attached hydrogen (secondary N) is 1. The zero-order valence-electron chi connectivity index (χ0n) is 13.0. The highest BCUT2D eigenvalue weighted by molar-refractivity contribution is 8.00. The van der Waals surface area contributed by atoms with Crippen molar-refractivity contribution in [2.75, 3.05) is 24.7 Å². The summed E-state index contributed by atoms with van der Waals surface area (Å²) in [5, 5.41) is 3.20. The quantitative estimate of drug-likeness (QED) is 0.793. The molecule has 24 heavy (non-hydrogen) atoms. The first kappa shape index (κ1) is 18.3. The molecule has 0 unspecified atom stereocenters. The molecule has 0 spiro atoms. The number of hydrogen-bond donors (Lipinski definition) is 1. The number of halogens is 2. The van der Waals surface area contributed by atoms with Crippen LogP contribution in [0.3, 0.4) is 0 Å². The maximum Gasteiger partial charge on any atom is 0.243 e. The minimum absolute atomic E-state index is 0.0840. The van der Waals surface area contributed by atoms with E-state index in [4.69, 9.17) is 11.6 Å². The lowest BCUT2D eigenvalue weighted by atomic mass is 10.3. The van der Waals surface area contributed by atoms with Gasteiger partial charge in [0.05, 0.1) is 17.3 Å². The highest BCUT2D eigenvalue weighted by Gasteiger charge is 2.14. The van der Waals surface area contributed by atoms with E-state index >= 15 is 0 Å². The zero-order valence-corrected chi connectivity index (χ0v) is 14.5. The molecule has 0 radical (unpaired) electrons. The molecule has 0 saturated carbocycles. The van der Waals surface area contributed by atoms with Crippen molar-refractivity contribution in [2.45, 2.75) is 4.90 Å². The van der Waals surface area contributed by atoms with E-state index in [1.165, 1.54) is 40.9 Å². The van der Waals surface area contributed by atoms with Crippen LogP contribution >= 0.6 is 23.4 Å². The maximum absolute atomic E-state index is 12.8. The van der Waals surface area contributed by atoms with Crippen molar-refractivity contribution in [3.63, 3.8) is 0 Å². The van der Waals surface area contributed by atoms with Crippen LogP contribution in [-0.2, 0) is 9.59 Å². The minimum atomic E-state index is -0.378. The van der Waals surface area contributed by atoms with Crippen molar-refractivity contribution in [2.24, 2.45) is 0 Å². The molecule has 126 valence electrons. The van der Waals surface area contributed by atoms with Gasteiger partial charge in [-0.2, -0.15) is 0 Å². The molecule has 0 saturated heterocycles. The van der Waals surface area contributed by atoms with Gasteiger partial charge in [0.2, 0.25) is 11.8 Å². The number of carbonyl (C=O) groups is 2. The van der Waals surface area contributed by atoms with Gasteiger partial charge in [0, 0.05) is 17.6 Å². The fraction of sp³-hybridized carbons (Fsp3) is 0.176. The third kappa shape index (κ3) is 5.54. The summed E-state index contributed by atoms with van der Waals surface area (Å²) in [5.74, 6) is -0.726. The van der Waals surface area contributed by atoms with Crippen molar-refractivity contribution in [3.8, 4) is 0 Å². The van der Waals surface area contributed by atoms with Gasteiger partial charge in [0.25, 0.3) is 0 Å². The number of thioether (sulfide) groups is 1. The molecule has 0 bridgehead atoms. The normalized spacial score (nSPS) is 10.3. The third-order valence-electron chi connectivity index (χ3n) is 3.12. The molecule has 2 rings (SSSR count). The van der Waals surface area contributed by atoms with Crippen LogP contribution in [0.1, 0.15) is 0 Å². The number of benzene rings is 2. The number of nitrogens with zero attached hydrogens (tertiary/aromatic N) is 1. The maximum atomic E-state index is 12.8. The molecule has 2 amide bonds. The second kappa shape index (κ2) is 8.70. The Morgan fingerprint density at radius 2 is 1.83 bits per heavy atom. The van der Waals surface area contributed by atoms with Gasteiger partial charge < -0.3 is 10.2 Å². The SMILES string of the molecule is CN(CC(=O)Nc1ccc(F)cc1)C(=O)CSc1ccccc1Cl. The van der Waals surface area contributed by atoms with Gasteiger partial charge in [-0.15, -0.1) is 11.8 Å². The van der Waals surface area contributed by atoms with Crippen LogP contribution in [0.2, 0.25) is 5.02 Å². The van der Waals surface area contributed by atoms with Crippen LogP contribution in [0.5, 0.6) is 0 Å². The number of carbonyl (C=O) groups excluding carboxylic acids is 2. The Bertz CT molecular complexity index is 725. The summed E-state index contributed by atoms with van der Waals surface area (Å²) < 4.78 is 12.8. The van der Waals surface area contributed by atoms with Crippen LogP contribution in [-0.4, -0.2) is 36.1 Å². The molecular formula is C17H16ClFN2O2S. The number of amides is 2. The van der Waals surface area contributed by atoms with Crippen molar-refractivity contribution < 1.29 is 14.0 Å². The Labute approximate surface area is 149 Å². The second-order valence-electron chi connectivity index (χ2n) is 5.02. The monoisotopic (exact) mass is 366 g/mol. The molecule has 0 heterocycles. The fourth-order valence-corrected chi connectivity index (χ4v) is 3.03. The van der Waals surface area contributed by atoms with Crippen molar-refractivity contribution >= 4 is 40.9 Å². The van der Waals surface area contributed by atoms with E-state index < -0.39 is 0 Å². The summed E-state index contributed by atoms with van der Waals surface area (Å²) in [6.07, 6.45) is 0. The Hall–Kier alpha value is -2.05. The highest BCUT2D eigenvalue weighted by atomic mass is 35.5. The topological polar surface area (TPSA) is 49.4 Å². The first-order valence-corrected chi connectivity index (χ1v) is 8.49. The second-order valence-corrected chi connectivity index (χ2v) is 6.45. The molecule has 2 aromatic rings. The van der Waals surface area contributed by atoms with Crippen molar-refractivity contribution in [1.82, 2.24) is 4.90 Å². The molecule has 1 N–H and O–H groups in total. The van der Waals surface area contributed by atoms with E-state index in [0.29, 0.717) is 10.7 Å². The Balaban J connectivity index is 1.81. The first-order valence-electron chi connectivity index (χ1n) is 7.12. The first-order chi connectivity index (χ1) is 11.5. The Kier molecular flexibility index (Phi) is 6.63. The van der Waals surface area contributed by atoms with E-state index in [-0.39, 0.29) is 29.9 Å². The molecule has 0 aliphatic rings. The number of anilines is 1. The van der Waals surface area contributed by atoms with E-state index in [0.717, 1.165) is 4.90 Å². The Morgan fingerprint density at radius 3 is 2.50 bits per heavy atom. The van der Waals surface area contributed by atoms with Crippen LogP contribution < -0.4 is 5.32 Å². The standard InChI is InChI=1S/C17H16ClFN2O2S/c1-21(10-16(22)20-13-8-6-12(19)7-9-13)17(23)11-24-15-5-3-2-4-14(15)18/h2-9H,10-11H2,1H3,(H,20,22). The average molecular weight is 367 g/mol. The van der Waals surface area contributed by atoms with Gasteiger partial charge in [-0.3, -0.25) is 9.59 Å². The van der Waals surface area contributed by atoms with Gasteiger partial charge in [-0.25, -0.2) is 4.39 Å². The molecule has 0 aliphatic carbocycles. The summed E-state index contributed by atoms with van der Waals surface area (Å²) >= 11 is 7.36. The number of rotatable bonds is 6. The third-order valence-corrected chi connectivity index (χ3v) is 4.62. The number of likely N-dealkylation sites (N-methyl/N-ethyl adjacent to an activating group) is 1. The molecule has 7 heteroatoms. The lowest BCUT2D eigenvalue weighted by Gasteiger charge is -2.16. The largest absolute Gasteiger partial charge is 0.336 e. The van der Waals surface area contributed by atoms with E-state index in [1.807, 2.05) is 18.2 Å². The zero-order chi connectivity index (χ0) is 17.5. The summed E-state index contributed by atoms with van der Waals surface area (Å²) in [4.78, 5) is 26.2. The fourth-order valence-electron chi connectivity index (χ4n) is 1.85. The molecule has 0 fully saturated rings. The van der Waals surface area contributed by atoms with Gasteiger partial charge in [0.1, 0.15) is 5.82 Å². The highest BCUT2D eigenvalue weighted by Crippen LogP contribution is 2.26. The predicted octanol–water partition coefficient (Wildman–Crippen LogP) is 3.67. The van der Waals surface area contributed by atoms with Gasteiger partial charge in [-0.1, -0.05) is 23.7 Å². The molecule has 4 nitrogen and oxygen atoms in total. The van der Waals surface area contributed by atoms with Crippen LogP contribution in [0.25, 0.3) is 0 Å². The van der Waals surface area contributed by atoms with Crippen LogP contribution in [0.4, 0.5) is 10.1 Å².